The number of aliphatic hydroxyl groups is 3. The number of benzene rings is 1. The number of ether oxygens (including phenoxy) is 1. The van der Waals surface area contributed by atoms with Crippen LogP contribution in [0.3, 0.4) is 0 Å². The van der Waals surface area contributed by atoms with Gasteiger partial charge in [0.15, 0.2) is 0 Å². The van der Waals surface area contributed by atoms with Crippen LogP contribution in [0.1, 0.15) is 60.5 Å². The van der Waals surface area contributed by atoms with Gasteiger partial charge in [-0.2, -0.15) is 18.4 Å². The Labute approximate surface area is 275 Å². The monoisotopic (exact) mass is 686 g/mol. The number of hydrogen-bond acceptors (Lipinski definition) is 11. The number of carbonyl (C=O) groups is 2. The minimum absolute atomic E-state index is 0.0125. The fourth-order valence-corrected chi connectivity index (χ4v) is 6.22. The van der Waals surface area contributed by atoms with Crippen LogP contribution in [0.15, 0.2) is 41.3 Å². The van der Waals surface area contributed by atoms with Crippen molar-refractivity contribution in [2.45, 2.75) is 56.8 Å². The molecule has 2 amide bonds. The maximum absolute atomic E-state index is 14.1. The lowest BCUT2D eigenvalue weighted by Gasteiger charge is -2.29. The molecule has 1 saturated heterocycles. The molecule has 3 aromatic heterocycles. The molecule has 260 valence electrons. The Kier molecular flexibility index (Phi) is 9.80. The number of imidazole rings is 1. The number of methoxy groups -OCH3 is 1. The molecule has 2 fully saturated rings. The molecule has 6 N–H and O–H groups in total. The Bertz CT molecular complexity index is 1980. The van der Waals surface area contributed by atoms with E-state index < -0.39 is 41.0 Å². The highest BCUT2D eigenvalue weighted by Crippen LogP contribution is 2.37. The molecule has 0 spiro atoms. The van der Waals surface area contributed by atoms with E-state index in [0.717, 1.165) is 25.1 Å². The van der Waals surface area contributed by atoms with Crippen LogP contribution in [0.4, 0.5) is 29.6 Å². The minimum Gasteiger partial charge on any atom is -0.453 e. The number of hydrogen-bond donors (Lipinski definition) is 5. The first-order chi connectivity index (χ1) is 23.1. The number of primary amides is 1. The molecular formula is C31H33F3N8O7. The van der Waals surface area contributed by atoms with E-state index in [1.54, 1.807) is 0 Å². The van der Waals surface area contributed by atoms with Crippen LogP contribution in [-0.4, -0.2) is 71.5 Å². The van der Waals surface area contributed by atoms with E-state index in [1.165, 1.54) is 40.8 Å². The second-order valence-electron chi connectivity index (χ2n) is 11.7. The van der Waals surface area contributed by atoms with Crippen molar-refractivity contribution in [2.24, 2.45) is 11.7 Å². The molecular weight excluding hydrogens is 653 g/mol. The number of carbonyl (C=O) groups excluding carboxylic acids is 2. The third-order valence-electron chi connectivity index (χ3n) is 8.55. The summed E-state index contributed by atoms with van der Waals surface area (Å²) >= 11 is 0. The molecule has 1 saturated carbocycles. The predicted octanol–water partition coefficient (Wildman–Crippen LogP) is 3.26. The number of amides is 2. The van der Waals surface area contributed by atoms with Crippen LogP contribution in [0.2, 0.25) is 0 Å². The standard InChI is InChI=1S/C29H28F3N7O5.C2H5NO2/c30-28(31,32)20-7-3-6-18-19(26(40)37-10-8-16(14-33)9-11-37)12-24(36-25(18)20)35-23-13-21-22(15-34-23)39(29(42,43)44)27(41)38(21)17-4-1-2-5-17;1-5-2(3)4/h3,6-7,12-13,15-17,42-44H,1-2,4-5,8-11H2,(H,34,35,36);1H3,(H2,3,4). The number of rotatable bonds is 5. The maximum Gasteiger partial charge on any atom is 0.418 e. The number of nitrogens with one attached hydrogen (secondary N) is 1. The molecule has 1 aliphatic carbocycles. The normalized spacial score (nSPS) is 15.9. The van der Waals surface area contributed by atoms with Gasteiger partial charge in [-0.15, -0.1) is 0 Å². The van der Waals surface area contributed by atoms with E-state index in [0.29, 0.717) is 30.3 Å². The van der Waals surface area contributed by atoms with E-state index in [1.807, 2.05) is 0 Å². The van der Waals surface area contributed by atoms with E-state index in [4.69, 9.17) is 0 Å². The summed E-state index contributed by atoms with van der Waals surface area (Å²) < 4.78 is 47.8. The molecule has 18 heteroatoms. The van der Waals surface area contributed by atoms with E-state index in [-0.39, 0.29) is 58.7 Å². The van der Waals surface area contributed by atoms with Crippen molar-refractivity contribution in [1.82, 2.24) is 24.0 Å². The summed E-state index contributed by atoms with van der Waals surface area (Å²) in [6.45, 7) is 0.553. The second kappa shape index (κ2) is 13.7. The molecule has 1 aliphatic heterocycles. The zero-order valence-electron chi connectivity index (χ0n) is 26.1. The van der Waals surface area contributed by atoms with Crippen molar-refractivity contribution in [3.8, 4) is 6.07 Å². The molecule has 0 radical (unpaired) electrons. The van der Waals surface area contributed by atoms with Crippen LogP contribution in [0.5, 0.6) is 0 Å². The molecule has 4 aromatic rings. The number of aromatic nitrogens is 4. The zero-order valence-corrected chi connectivity index (χ0v) is 26.1. The van der Waals surface area contributed by atoms with Crippen LogP contribution in [0.25, 0.3) is 21.9 Å². The lowest BCUT2D eigenvalue weighted by Crippen LogP contribution is -2.41. The third kappa shape index (κ3) is 7.28. The lowest BCUT2D eigenvalue weighted by atomic mass is 9.97. The number of nitrogens with zero attached hydrogens (tertiary/aromatic N) is 6. The van der Waals surface area contributed by atoms with Gasteiger partial charge in [-0.25, -0.2) is 24.1 Å². The first-order valence-electron chi connectivity index (χ1n) is 15.2. The molecule has 2 aliphatic rings. The fraction of sp³-hybridized carbons (Fsp3) is 0.419. The largest absolute Gasteiger partial charge is 0.453 e. The summed E-state index contributed by atoms with van der Waals surface area (Å²) in [5, 5.41) is 41.8. The number of halogens is 3. The molecule has 6 rings (SSSR count). The Morgan fingerprint density at radius 3 is 2.29 bits per heavy atom. The first-order valence-corrected chi connectivity index (χ1v) is 15.2. The summed E-state index contributed by atoms with van der Waals surface area (Å²) in [5.41, 5.74) is 2.19. The highest BCUT2D eigenvalue weighted by atomic mass is 19.4. The summed E-state index contributed by atoms with van der Waals surface area (Å²) in [5.74, 6) is -0.777. The molecule has 4 heterocycles. The Balaban J connectivity index is 0.000000874. The number of para-hydroxylation sites is 1. The molecule has 49 heavy (non-hydrogen) atoms. The van der Waals surface area contributed by atoms with Crippen LogP contribution in [-0.2, 0) is 17.0 Å². The molecule has 1 aromatic carbocycles. The number of likely N-dealkylation sites (tertiary alicyclic amines) is 1. The van der Waals surface area contributed by atoms with Gasteiger partial charge in [0.1, 0.15) is 11.6 Å². The van der Waals surface area contributed by atoms with Gasteiger partial charge >= 0.3 is 24.1 Å². The quantitative estimate of drug-likeness (QED) is 0.192. The Hall–Kier alpha value is -5.25. The van der Waals surface area contributed by atoms with E-state index >= 15 is 0 Å². The zero-order chi connectivity index (χ0) is 35.7. The number of nitrogens with two attached hydrogens (primary N) is 1. The second-order valence-corrected chi connectivity index (χ2v) is 11.7. The topological polar surface area (TPSA) is 222 Å². The van der Waals surface area contributed by atoms with Crippen LogP contribution in [0, 0.1) is 17.2 Å². The predicted molar refractivity (Wildman–Crippen MR) is 167 cm³/mol. The summed E-state index contributed by atoms with van der Waals surface area (Å²) in [7, 11) is 1.22. The number of alkyl halides is 3. The number of pyridine rings is 2. The van der Waals surface area contributed by atoms with Gasteiger partial charge in [-0.1, -0.05) is 25.0 Å². The van der Waals surface area contributed by atoms with Crippen molar-refractivity contribution >= 4 is 45.6 Å². The molecule has 0 unspecified atom stereocenters. The Morgan fingerprint density at radius 2 is 1.71 bits per heavy atom. The molecule has 0 bridgehead atoms. The van der Waals surface area contributed by atoms with Gasteiger partial charge in [0.25, 0.3) is 5.91 Å². The average Bonchev–Trinajstić information content (AvgIpc) is 3.68. The summed E-state index contributed by atoms with van der Waals surface area (Å²) in [6.07, 6.45) is -4.02. The molecule has 15 nitrogen and oxygen atoms in total. The summed E-state index contributed by atoms with van der Waals surface area (Å²) in [4.78, 5) is 46.1. The number of piperidine rings is 1. The molecule has 0 atom stereocenters. The van der Waals surface area contributed by atoms with Crippen molar-refractivity contribution in [2.75, 3.05) is 25.5 Å². The smallest absolute Gasteiger partial charge is 0.418 e. The highest BCUT2D eigenvalue weighted by molar-refractivity contribution is 6.08. The number of nitriles is 1. The Morgan fingerprint density at radius 1 is 1.06 bits per heavy atom. The number of anilines is 2. The summed E-state index contributed by atoms with van der Waals surface area (Å²) in [6, 6.07) is 8.12. The van der Waals surface area contributed by atoms with E-state index in [9.17, 15) is 48.1 Å². The van der Waals surface area contributed by atoms with Gasteiger partial charge in [0, 0.05) is 36.5 Å². The van der Waals surface area contributed by atoms with E-state index in [2.05, 4.69) is 31.8 Å². The van der Waals surface area contributed by atoms with Gasteiger partial charge < -0.3 is 36.0 Å². The van der Waals surface area contributed by atoms with Crippen molar-refractivity contribution in [3.63, 3.8) is 0 Å². The van der Waals surface area contributed by atoms with Crippen molar-refractivity contribution in [3.05, 3.63) is 58.1 Å². The van der Waals surface area contributed by atoms with Gasteiger partial charge in [-0.05, 0) is 37.8 Å². The lowest BCUT2D eigenvalue weighted by molar-refractivity contribution is -0.374. The minimum atomic E-state index is -4.76. The van der Waals surface area contributed by atoms with Crippen LogP contribution >= 0.6 is 0 Å². The van der Waals surface area contributed by atoms with Crippen LogP contribution < -0.4 is 16.7 Å². The van der Waals surface area contributed by atoms with Gasteiger partial charge in [0.2, 0.25) is 0 Å². The van der Waals surface area contributed by atoms with Crippen molar-refractivity contribution in [1.29, 1.82) is 5.26 Å². The average molecular weight is 687 g/mol. The maximum atomic E-state index is 14.1. The highest BCUT2D eigenvalue weighted by Gasteiger charge is 2.35. The number of fused-ring (bicyclic) bond motifs is 2. The SMILES string of the molecule is COC(N)=O.N#CC1CCN(C(=O)c2cc(Nc3cc4c(cn3)n(C(O)(O)O)c(=O)n4C3CCCC3)nc3c(C(F)(F)F)cccc23)CC1. The van der Waals surface area contributed by atoms with Gasteiger partial charge in [-0.3, -0.25) is 9.36 Å². The van der Waals surface area contributed by atoms with Gasteiger partial charge in [0.05, 0.1) is 47.1 Å². The third-order valence-corrected chi connectivity index (χ3v) is 8.55. The fourth-order valence-electron chi connectivity index (χ4n) is 6.22. The first kappa shape index (κ1) is 35.1. The van der Waals surface area contributed by atoms with Crippen molar-refractivity contribution < 1.29 is 42.8 Å².